The van der Waals surface area contributed by atoms with Gasteiger partial charge in [-0.25, -0.2) is 5.10 Å². The van der Waals surface area contributed by atoms with Crippen LogP contribution >= 0.6 is 0 Å². The zero-order valence-electron chi connectivity index (χ0n) is 10.4. The van der Waals surface area contributed by atoms with E-state index in [4.69, 9.17) is 4.74 Å². The van der Waals surface area contributed by atoms with Gasteiger partial charge >= 0.3 is 0 Å². The molecule has 0 spiro atoms. The molecule has 1 aromatic heterocycles. The van der Waals surface area contributed by atoms with Gasteiger partial charge in [-0.2, -0.15) is 5.10 Å². The molecule has 0 amide bonds. The fourth-order valence-electron chi connectivity index (χ4n) is 2.13. The van der Waals surface area contributed by atoms with Crippen LogP contribution in [-0.2, 0) is 0 Å². The lowest BCUT2D eigenvalue weighted by Gasteiger charge is -2.12. The molecule has 0 aliphatic carbocycles. The third kappa shape index (κ3) is 2.82. The van der Waals surface area contributed by atoms with E-state index in [0.717, 1.165) is 36.5 Å². The van der Waals surface area contributed by atoms with E-state index < -0.39 is 0 Å². The second-order valence-electron chi connectivity index (χ2n) is 4.56. The van der Waals surface area contributed by atoms with Crippen LogP contribution in [0, 0.1) is 0 Å². The van der Waals surface area contributed by atoms with Crippen molar-refractivity contribution in [2.24, 2.45) is 0 Å². The summed E-state index contributed by atoms with van der Waals surface area (Å²) in [7, 11) is 0. The fraction of sp³-hybridized carbons (Fsp3) is 0.286. The van der Waals surface area contributed by atoms with Crippen LogP contribution in [0.5, 0.6) is 5.75 Å². The third-order valence-corrected chi connectivity index (χ3v) is 3.15. The summed E-state index contributed by atoms with van der Waals surface area (Å²) in [5, 5.41) is 9.69. The second-order valence-corrected chi connectivity index (χ2v) is 4.56. The van der Waals surface area contributed by atoms with Crippen molar-refractivity contribution < 1.29 is 4.74 Å². The minimum absolute atomic E-state index is 0.197. The van der Waals surface area contributed by atoms with E-state index in [1.54, 1.807) is 6.07 Å². The van der Waals surface area contributed by atoms with Gasteiger partial charge in [-0.15, -0.1) is 0 Å². The number of benzene rings is 1. The Bertz CT molecular complexity index is 580. The van der Waals surface area contributed by atoms with Crippen LogP contribution in [-0.4, -0.2) is 29.4 Å². The SMILES string of the molecule is O=c1ccc(-c2ccc(OC3CCNC3)cc2)n[nH]1. The summed E-state index contributed by atoms with van der Waals surface area (Å²) in [6.07, 6.45) is 1.31. The predicted octanol–water partition coefficient (Wildman–Crippen LogP) is 1.18. The Morgan fingerprint density at radius 2 is 2.00 bits per heavy atom. The van der Waals surface area contributed by atoms with Crippen molar-refractivity contribution in [3.8, 4) is 17.0 Å². The Balaban J connectivity index is 1.74. The Labute approximate surface area is 110 Å². The molecule has 2 aromatic rings. The highest BCUT2D eigenvalue weighted by atomic mass is 16.5. The molecule has 1 unspecified atom stereocenters. The van der Waals surface area contributed by atoms with E-state index in [9.17, 15) is 4.79 Å². The van der Waals surface area contributed by atoms with Gasteiger partial charge in [0.1, 0.15) is 11.9 Å². The van der Waals surface area contributed by atoms with E-state index in [2.05, 4.69) is 15.5 Å². The molecule has 0 radical (unpaired) electrons. The summed E-state index contributed by atoms with van der Waals surface area (Å²) >= 11 is 0. The predicted molar refractivity (Wildman–Crippen MR) is 72.2 cm³/mol. The summed E-state index contributed by atoms with van der Waals surface area (Å²) in [4.78, 5) is 11.0. The molecule has 5 nitrogen and oxygen atoms in total. The smallest absolute Gasteiger partial charge is 0.264 e. The molecule has 1 atom stereocenters. The molecular weight excluding hydrogens is 242 g/mol. The number of aromatic amines is 1. The molecule has 2 N–H and O–H groups in total. The maximum absolute atomic E-state index is 11.0. The van der Waals surface area contributed by atoms with E-state index >= 15 is 0 Å². The summed E-state index contributed by atoms with van der Waals surface area (Å²) in [5.74, 6) is 0.863. The highest BCUT2D eigenvalue weighted by Crippen LogP contribution is 2.21. The Morgan fingerprint density at radius 3 is 2.63 bits per heavy atom. The molecule has 1 fully saturated rings. The fourth-order valence-corrected chi connectivity index (χ4v) is 2.13. The highest BCUT2D eigenvalue weighted by molar-refractivity contribution is 5.59. The minimum atomic E-state index is -0.197. The molecule has 3 rings (SSSR count). The Hall–Kier alpha value is -2.14. The van der Waals surface area contributed by atoms with Gasteiger partial charge in [-0.05, 0) is 43.3 Å². The molecule has 2 heterocycles. The minimum Gasteiger partial charge on any atom is -0.489 e. The molecule has 1 aliphatic heterocycles. The second kappa shape index (κ2) is 5.24. The van der Waals surface area contributed by atoms with Crippen molar-refractivity contribution in [3.63, 3.8) is 0 Å². The maximum atomic E-state index is 11.0. The van der Waals surface area contributed by atoms with Crippen LogP contribution in [0.2, 0.25) is 0 Å². The van der Waals surface area contributed by atoms with Gasteiger partial charge in [0.25, 0.3) is 5.56 Å². The zero-order chi connectivity index (χ0) is 13.1. The number of H-pyrrole nitrogens is 1. The van der Waals surface area contributed by atoms with Gasteiger partial charge in [-0.3, -0.25) is 4.79 Å². The van der Waals surface area contributed by atoms with Crippen molar-refractivity contribution in [2.45, 2.75) is 12.5 Å². The van der Waals surface area contributed by atoms with Crippen LogP contribution in [0.15, 0.2) is 41.2 Å². The highest BCUT2D eigenvalue weighted by Gasteiger charge is 2.15. The quantitative estimate of drug-likeness (QED) is 0.866. The number of hydrogen-bond acceptors (Lipinski definition) is 4. The number of aromatic nitrogens is 2. The maximum Gasteiger partial charge on any atom is 0.264 e. The first-order valence-corrected chi connectivity index (χ1v) is 6.35. The molecule has 0 bridgehead atoms. The van der Waals surface area contributed by atoms with Crippen LogP contribution in [0.25, 0.3) is 11.3 Å². The van der Waals surface area contributed by atoms with E-state index in [0.29, 0.717) is 0 Å². The lowest BCUT2D eigenvalue weighted by Crippen LogP contribution is -2.19. The van der Waals surface area contributed by atoms with E-state index in [1.165, 1.54) is 6.07 Å². The van der Waals surface area contributed by atoms with Gasteiger partial charge in [0.05, 0.1) is 5.69 Å². The molecular formula is C14H15N3O2. The lowest BCUT2D eigenvalue weighted by molar-refractivity contribution is 0.223. The number of hydrogen-bond donors (Lipinski definition) is 2. The van der Waals surface area contributed by atoms with Gasteiger partial charge in [0.15, 0.2) is 0 Å². The largest absolute Gasteiger partial charge is 0.489 e. The van der Waals surface area contributed by atoms with Crippen molar-refractivity contribution >= 4 is 0 Å². The molecule has 1 aliphatic rings. The average Bonchev–Trinajstić information content (AvgIpc) is 2.94. The zero-order valence-corrected chi connectivity index (χ0v) is 10.4. The molecule has 19 heavy (non-hydrogen) atoms. The number of rotatable bonds is 3. The first kappa shape index (κ1) is 11.9. The third-order valence-electron chi connectivity index (χ3n) is 3.15. The van der Waals surface area contributed by atoms with Gasteiger partial charge in [0.2, 0.25) is 0 Å². The van der Waals surface area contributed by atoms with Crippen molar-refractivity contribution in [1.29, 1.82) is 0 Å². The van der Waals surface area contributed by atoms with Crippen LogP contribution in [0.4, 0.5) is 0 Å². The van der Waals surface area contributed by atoms with Gasteiger partial charge in [-0.1, -0.05) is 0 Å². The van der Waals surface area contributed by atoms with E-state index in [1.807, 2.05) is 24.3 Å². The van der Waals surface area contributed by atoms with Crippen molar-refractivity contribution in [1.82, 2.24) is 15.5 Å². The summed E-state index contributed by atoms with van der Waals surface area (Å²) in [6.45, 7) is 1.92. The topological polar surface area (TPSA) is 67.0 Å². The number of ether oxygens (including phenoxy) is 1. The lowest BCUT2D eigenvalue weighted by atomic mass is 10.1. The summed E-state index contributed by atoms with van der Waals surface area (Å²) in [6, 6.07) is 10.9. The van der Waals surface area contributed by atoms with Crippen molar-refractivity contribution in [3.05, 3.63) is 46.8 Å². The number of nitrogens with zero attached hydrogens (tertiary/aromatic N) is 1. The first-order chi connectivity index (χ1) is 9.31. The molecule has 1 saturated heterocycles. The molecule has 5 heteroatoms. The normalized spacial score (nSPS) is 18.4. The van der Waals surface area contributed by atoms with E-state index in [-0.39, 0.29) is 11.7 Å². The van der Waals surface area contributed by atoms with Crippen molar-refractivity contribution in [2.75, 3.05) is 13.1 Å². The molecule has 1 aromatic carbocycles. The van der Waals surface area contributed by atoms with Gasteiger partial charge in [0, 0.05) is 18.2 Å². The average molecular weight is 257 g/mol. The Morgan fingerprint density at radius 1 is 1.16 bits per heavy atom. The summed E-state index contributed by atoms with van der Waals surface area (Å²) in [5.41, 5.74) is 1.50. The summed E-state index contributed by atoms with van der Waals surface area (Å²) < 4.78 is 5.84. The van der Waals surface area contributed by atoms with Crippen LogP contribution in [0.1, 0.15) is 6.42 Å². The number of nitrogens with one attached hydrogen (secondary N) is 2. The molecule has 98 valence electrons. The first-order valence-electron chi connectivity index (χ1n) is 6.35. The van der Waals surface area contributed by atoms with Crippen LogP contribution < -0.4 is 15.6 Å². The standard InChI is InChI=1S/C14H15N3O2/c18-14-6-5-13(16-17-14)10-1-3-11(4-2-10)19-12-7-8-15-9-12/h1-6,12,15H,7-9H2,(H,17,18). The van der Waals surface area contributed by atoms with Gasteiger partial charge < -0.3 is 10.1 Å². The monoisotopic (exact) mass is 257 g/mol. The molecule has 0 saturated carbocycles. The Kier molecular flexibility index (Phi) is 3.29. The van der Waals surface area contributed by atoms with Crippen LogP contribution in [0.3, 0.4) is 0 Å².